The quantitative estimate of drug-likeness (QED) is 0.616. The first-order chi connectivity index (χ1) is 15.6. The molecule has 3 rings (SSSR count). The first-order valence-electron chi connectivity index (χ1n) is 11.3. The van der Waals surface area contributed by atoms with Crippen molar-refractivity contribution in [1.82, 2.24) is 14.9 Å². The van der Waals surface area contributed by atoms with Crippen LogP contribution in [-0.2, 0) is 32.6 Å². The van der Waals surface area contributed by atoms with E-state index in [0.717, 1.165) is 49.5 Å². The van der Waals surface area contributed by atoms with Crippen molar-refractivity contribution in [1.29, 1.82) is 0 Å². The van der Waals surface area contributed by atoms with E-state index >= 15 is 0 Å². The van der Waals surface area contributed by atoms with Crippen LogP contribution in [0.15, 0.2) is 35.2 Å². The predicted octanol–water partition coefficient (Wildman–Crippen LogP) is 2.74. The van der Waals surface area contributed by atoms with Gasteiger partial charge in [0.05, 0.1) is 24.2 Å². The van der Waals surface area contributed by atoms with Gasteiger partial charge in [0.15, 0.2) is 0 Å². The molecule has 0 radical (unpaired) electrons. The van der Waals surface area contributed by atoms with E-state index in [1.807, 2.05) is 32.0 Å². The van der Waals surface area contributed by atoms with Gasteiger partial charge in [0, 0.05) is 26.2 Å². The first-order valence-corrected chi connectivity index (χ1v) is 12.8. The molecular formula is C25H35N3O4S. The number of morpholine rings is 1. The minimum atomic E-state index is -3.84. The maximum Gasteiger partial charge on any atom is 0.241 e. The Morgan fingerprint density at radius 3 is 2.12 bits per heavy atom. The maximum atomic E-state index is 13.1. The van der Waals surface area contributed by atoms with Gasteiger partial charge in [-0.1, -0.05) is 30.3 Å². The van der Waals surface area contributed by atoms with E-state index in [9.17, 15) is 13.2 Å². The van der Waals surface area contributed by atoms with Crippen LogP contribution in [0.2, 0.25) is 0 Å². The van der Waals surface area contributed by atoms with Gasteiger partial charge in [-0.05, 0) is 68.0 Å². The lowest BCUT2D eigenvalue weighted by Crippen LogP contribution is -2.44. The zero-order chi connectivity index (χ0) is 24.2. The van der Waals surface area contributed by atoms with Gasteiger partial charge < -0.3 is 10.1 Å². The predicted molar refractivity (Wildman–Crippen MR) is 130 cm³/mol. The molecule has 2 aromatic rings. The summed E-state index contributed by atoms with van der Waals surface area (Å²) in [6.45, 7) is 13.6. The second-order valence-corrected chi connectivity index (χ2v) is 10.5. The SMILES string of the molecule is Cc1cc(C)c(C)c(S(=O)(=O)N[C@@H](C)C(=O)NCc2ccc(CN3CCOCC3)cc2)c1C. The molecule has 180 valence electrons. The van der Waals surface area contributed by atoms with Crippen molar-refractivity contribution in [3.05, 3.63) is 63.7 Å². The molecule has 0 saturated carbocycles. The van der Waals surface area contributed by atoms with Gasteiger partial charge in [-0.25, -0.2) is 8.42 Å². The van der Waals surface area contributed by atoms with E-state index in [0.29, 0.717) is 17.7 Å². The number of nitrogens with zero attached hydrogens (tertiary/aromatic N) is 1. The van der Waals surface area contributed by atoms with Gasteiger partial charge in [0.2, 0.25) is 15.9 Å². The molecule has 1 saturated heterocycles. The highest BCUT2D eigenvalue weighted by Gasteiger charge is 2.26. The molecule has 33 heavy (non-hydrogen) atoms. The summed E-state index contributed by atoms with van der Waals surface area (Å²) in [4.78, 5) is 15.2. The normalized spacial score (nSPS) is 15.9. The Hall–Kier alpha value is -2.26. The van der Waals surface area contributed by atoms with Gasteiger partial charge in [-0.15, -0.1) is 0 Å². The number of hydrogen-bond acceptors (Lipinski definition) is 5. The van der Waals surface area contributed by atoms with E-state index in [4.69, 9.17) is 4.74 Å². The second kappa shape index (κ2) is 10.8. The lowest BCUT2D eigenvalue weighted by molar-refractivity contribution is -0.122. The average Bonchev–Trinajstić information content (AvgIpc) is 2.77. The van der Waals surface area contributed by atoms with Crippen LogP contribution < -0.4 is 10.0 Å². The molecule has 1 amide bonds. The van der Waals surface area contributed by atoms with Gasteiger partial charge in [-0.3, -0.25) is 9.69 Å². The largest absolute Gasteiger partial charge is 0.379 e. The third kappa shape index (κ3) is 6.41. The van der Waals surface area contributed by atoms with Crippen LogP contribution in [0.3, 0.4) is 0 Å². The summed E-state index contributed by atoms with van der Waals surface area (Å²) in [6, 6.07) is 9.20. The Labute approximate surface area is 197 Å². The van der Waals surface area contributed by atoms with Crippen LogP contribution in [0.5, 0.6) is 0 Å². The van der Waals surface area contributed by atoms with E-state index in [1.165, 1.54) is 5.56 Å². The summed E-state index contributed by atoms with van der Waals surface area (Å²) >= 11 is 0. The Kier molecular flexibility index (Phi) is 8.28. The van der Waals surface area contributed by atoms with Crippen molar-refractivity contribution in [3.63, 3.8) is 0 Å². The Morgan fingerprint density at radius 1 is 1.00 bits per heavy atom. The topological polar surface area (TPSA) is 87.7 Å². The fourth-order valence-corrected chi connectivity index (χ4v) is 5.87. The van der Waals surface area contributed by atoms with Crippen molar-refractivity contribution in [2.75, 3.05) is 26.3 Å². The molecule has 1 aliphatic heterocycles. The number of nitrogens with one attached hydrogen (secondary N) is 2. The van der Waals surface area contributed by atoms with Gasteiger partial charge in [-0.2, -0.15) is 4.72 Å². The number of hydrogen-bond donors (Lipinski definition) is 2. The minimum absolute atomic E-state index is 0.260. The Bertz CT molecular complexity index is 1070. The number of carbonyl (C=O) groups excluding carboxylic acids is 1. The van der Waals surface area contributed by atoms with E-state index in [1.54, 1.807) is 20.8 Å². The van der Waals surface area contributed by atoms with Crippen molar-refractivity contribution in [2.45, 2.75) is 58.6 Å². The average molecular weight is 474 g/mol. The molecule has 1 fully saturated rings. The molecule has 0 aromatic heterocycles. The fourth-order valence-electron chi connectivity index (χ4n) is 4.05. The highest BCUT2D eigenvalue weighted by molar-refractivity contribution is 7.89. The molecule has 0 bridgehead atoms. The molecule has 1 heterocycles. The standard InChI is InChI=1S/C25H35N3O4S/c1-17-14-18(2)20(4)24(19(17)3)33(30,31)27-21(5)25(29)26-15-22-6-8-23(9-7-22)16-28-10-12-32-13-11-28/h6-9,14,21,27H,10-13,15-16H2,1-5H3,(H,26,29)/t21-/m0/s1. The highest BCUT2D eigenvalue weighted by Crippen LogP contribution is 2.26. The summed E-state index contributed by atoms with van der Waals surface area (Å²) in [7, 11) is -3.84. The zero-order valence-electron chi connectivity index (χ0n) is 20.2. The van der Waals surface area contributed by atoms with Crippen LogP contribution in [-0.4, -0.2) is 51.6 Å². The van der Waals surface area contributed by atoms with Crippen molar-refractivity contribution < 1.29 is 17.9 Å². The number of rotatable bonds is 8. The van der Waals surface area contributed by atoms with Gasteiger partial charge in [0.25, 0.3) is 0 Å². The number of carbonyl (C=O) groups is 1. The highest BCUT2D eigenvalue weighted by atomic mass is 32.2. The third-order valence-corrected chi connectivity index (χ3v) is 8.10. The van der Waals surface area contributed by atoms with Crippen molar-refractivity contribution in [3.8, 4) is 0 Å². The van der Waals surface area contributed by atoms with Gasteiger partial charge >= 0.3 is 0 Å². The Morgan fingerprint density at radius 2 is 1.55 bits per heavy atom. The fraction of sp³-hybridized carbons (Fsp3) is 0.480. The number of aryl methyl sites for hydroxylation is 2. The van der Waals surface area contributed by atoms with Crippen LogP contribution in [0.1, 0.15) is 40.3 Å². The summed E-state index contributed by atoms with van der Waals surface area (Å²) in [6.07, 6.45) is 0. The van der Waals surface area contributed by atoms with E-state index < -0.39 is 16.1 Å². The molecule has 0 aliphatic carbocycles. The molecule has 8 heteroatoms. The number of benzene rings is 2. The molecule has 1 aliphatic rings. The van der Waals surface area contributed by atoms with Crippen LogP contribution in [0, 0.1) is 27.7 Å². The summed E-state index contributed by atoms with van der Waals surface area (Å²) < 4.78 is 34.1. The number of ether oxygens (including phenoxy) is 1. The van der Waals surface area contributed by atoms with E-state index in [2.05, 4.69) is 27.1 Å². The Balaban J connectivity index is 1.57. The molecule has 0 spiro atoms. The van der Waals surface area contributed by atoms with Crippen molar-refractivity contribution in [2.24, 2.45) is 0 Å². The smallest absolute Gasteiger partial charge is 0.241 e. The van der Waals surface area contributed by atoms with Crippen LogP contribution in [0.25, 0.3) is 0 Å². The summed E-state index contributed by atoms with van der Waals surface area (Å²) in [5.41, 5.74) is 5.41. The first kappa shape index (κ1) is 25.4. The lowest BCUT2D eigenvalue weighted by atomic mass is 10.0. The van der Waals surface area contributed by atoms with Gasteiger partial charge in [0.1, 0.15) is 0 Å². The van der Waals surface area contributed by atoms with Crippen LogP contribution in [0.4, 0.5) is 0 Å². The lowest BCUT2D eigenvalue weighted by Gasteiger charge is -2.26. The molecule has 2 N–H and O–H groups in total. The molecule has 0 unspecified atom stereocenters. The van der Waals surface area contributed by atoms with Crippen LogP contribution >= 0.6 is 0 Å². The van der Waals surface area contributed by atoms with Crippen molar-refractivity contribution >= 4 is 15.9 Å². The van der Waals surface area contributed by atoms with E-state index in [-0.39, 0.29) is 10.8 Å². The summed E-state index contributed by atoms with van der Waals surface area (Å²) in [5, 5.41) is 2.83. The molecule has 1 atom stereocenters. The number of sulfonamides is 1. The third-order valence-electron chi connectivity index (χ3n) is 6.29. The number of amides is 1. The summed E-state index contributed by atoms with van der Waals surface area (Å²) in [5.74, 6) is -0.365. The second-order valence-electron chi connectivity index (χ2n) is 8.86. The molecular weight excluding hydrogens is 438 g/mol. The molecule has 7 nitrogen and oxygen atoms in total. The molecule has 2 aromatic carbocycles. The maximum absolute atomic E-state index is 13.1. The zero-order valence-corrected chi connectivity index (χ0v) is 21.0. The monoisotopic (exact) mass is 473 g/mol. The minimum Gasteiger partial charge on any atom is -0.379 e.